The molecule has 3 aromatic carbocycles. The lowest BCUT2D eigenvalue weighted by atomic mass is 9.98. The Hall–Kier alpha value is -4.33. The summed E-state index contributed by atoms with van der Waals surface area (Å²) in [6, 6.07) is 21.6. The summed E-state index contributed by atoms with van der Waals surface area (Å²) in [6.07, 6.45) is -1.47. The average Bonchev–Trinajstić information content (AvgIpc) is 3.19. The summed E-state index contributed by atoms with van der Waals surface area (Å²) in [7, 11) is 0. The number of hydrogen-bond donors (Lipinski definition) is 2. The lowest BCUT2D eigenvalue weighted by Crippen LogP contribution is -2.49. The van der Waals surface area contributed by atoms with Gasteiger partial charge in [0.15, 0.2) is 0 Å². The Labute approximate surface area is 222 Å². The highest BCUT2D eigenvalue weighted by molar-refractivity contribution is 5.80. The van der Waals surface area contributed by atoms with Gasteiger partial charge in [0.25, 0.3) is 0 Å². The number of hydrogen-bond acceptors (Lipinski definition) is 6. The Bertz CT molecular complexity index is 1280. The van der Waals surface area contributed by atoms with Crippen LogP contribution >= 0.6 is 0 Å². The highest BCUT2D eigenvalue weighted by atomic mass is 16.6. The number of amides is 2. The number of benzene rings is 3. The molecule has 0 fully saturated rings. The topological polar surface area (TPSA) is 117 Å². The van der Waals surface area contributed by atoms with Crippen LogP contribution in [0.1, 0.15) is 48.9 Å². The fourth-order valence-corrected chi connectivity index (χ4v) is 4.61. The molecule has 0 aliphatic heterocycles. The summed E-state index contributed by atoms with van der Waals surface area (Å²) in [6.45, 7) is 5.49. The van der Waals surface area contributed by atoms with E-state index in [0.29, 0.717) is 11.1 Å². The van der Waals surface area contributed by atoms with Crippen molar-refractivity contribution in [3.05, 3.63) is 95.1 Å². The fourth-order valence-electron chi connectivity index (χ4n) is 4.61. The van der Waals surface area contributed by atoms with Crippen LogP contribution in [-0.4, -0.2) is 36.4 Å². The minimum atomic E-state index is -1.44. The standard InChI is InChI=1S/C30H32N2O6/c1-30(2,3)38-28(35)31-17-20-11-5-4-10-19(20)16-26(27(33)34)32-29(36)37-18-25-23-14-8-6-12-21(23)22-13-7-9-15-24(22)25/h4-15,25-26H,16-18H2,1-3H3,(H,31,35)(H,32,36)(H,33,34)/p-1/t26-/m0/s1. The number of carboxylic acid groups (broad SMARTS) is 1. The third-order valence-corrected chi connectivity index (χ3v) is 6.28. The molecule has 0 unspecified atom stereocenters. The van der Waals surface area contributed by atoms with Gasteiger partial charge in [0.2, 0.25) is 0 Å². The van der Waals surface area contributed by atoms with Crippen LogP contribution in [-0.2, 0) is 27.2 Å². The van der Waals surface area contributed by atoms with Crippen LogP contribution in [0.15, 0.2) is 72.8 Å². The van der Waals surface area contributed by atoms with Gasteiger partial charge in [0, 0.05) is 12.5 Å². The van der Waals surface area contributed by atoms with Crippen LogP contribution < -0.4 is 15.7 Å². The number of carboxylic acids is 1. The van der Waals surface area contributed by atoms with Crippen molar-refractivity contribution in [1.29, 1.82) is 0 Å². The lowest BCUT2D eigenvalue weighted by molar-refractivity contribution is -0.308. The first kappa shape index (κ1) is 26.7. The van der Waals surface area contributed by atoms with Crippen molar-refractivity contribution in [2.24, 2.45) is 0 Å². The number of carbonyl (C=O) groups is 3. The molecule has 0 bridgehead atoms. The van der Waals surface area contributed by atoms with Crippen molar-refractivity contribution >= 4 is 18.2 Å². The van der Waals surface area contributed by atoms with Gasteiger partial charge >= 0.3 is 12.2 Å². The molecular formula is C30H31N2O6-. The van der Waals surface area contributed by atoms with Gasteiger partial charge in [-0.3, -0.25) is 0 Å². The maximum Gasteiger partial charge on any atom is 0.407 e. The zero-order valence-corrected chi connectivity index (χ0v) is 21.7. The van der Waals surface area contributed by atoms with Gasteiger partial charge in [-0.2, -0.15) is 0 Å². The number of rotatable bonds is 8. The zero-order valence-electron chi connectivity index (χ0n) is 21.7. The van der Waals surface area contributed by atoms with E-state index in [4.69, 9.17) is 9.47 Å². The Morgan fingerprint density at radius 2 is 1.39 bits per heavy atom. The zero-order chi connectivity index (χ0) is 27.3. The second-order valence-corrected chi connectivity index (χ2v) is 10.2. The molecule has 0 saturated carbocycles. The molecular weight excluding hydrogens is 484 g/mol. The highest BCUT2D eigenvalue weighted by Crippen LogP contribution is 2.44. The van der Waals surface area contributed by atoms with Crippen molar-refractivity contribution < 1.29 is 29.0 Å². The van der Waals surface area contributed by atoms with E-state index in [2.05, 4.69) is 10.6 Å². The molecule has 1 aliphatic carbocycles. The van der Waals surface area contributed by atoms with E-state index in [1.54, 1.807) is 45.0 Å². The third kappa shape index (κ3) is 6.51. The molecule has 3 aromatic rings. The number of alkyl carbamates (subject to hydrolysis) is 2. The van der Waals surface area contributed by atoms with Crippen molar-refractivity contribution in [2.75, 3.05) is 6.61 Å². The van der Waals surface area contributed by atoms with Gasteiger partial charge in [-0.05, 0) is 60.6 Å². The van der Waals surface area contributed by atoms with Gasteiger partial charge in [0.05, 0.1) is 12.0 Å². The smallest absolute Gasteiger partial charge is 0.407 e. The highest BCUT2D eigenvalue weighted by Gasteiger charge is 2.29. The van der Waals surface area contributed by atoms with Crippen LogP contribution in [0, 0.1) is 0 Å². The minimum absolute atomic E-state index is 0.0430. The SMILES string of the molecule is CC(C)(C)OC(=O)NCc1ccccc1C[C@H](NC(=O)OCC1c2ccccc2-c2ccccc21)C(=O)[O-]. The molecule has 198 valence electrons. The normalized spacial score (nSPS) is 13.1. The average molecular weight is 516 g/mol. The molecule has 1 aliphatic rings. The van der Waals surface area contributed by atoms with Gasteiger partial charge in [0.1, 0.15) is 12.2 Å². The van der Waals surface area contributed by atoms with E-state index in [0.717, 1.165) is 22.3 Å². The molecule has 0 spiro atoms. The van der Waals surface area contributed by atoms with Gasteiger partial charge < -0.3 is 30.0 Å². The molecule has 38 heavy (non-hydrogen) atoms. The first-order chi connectivity index (χ1) is 18.1. The second-order valence-electron chi connectivity index (χ2n) is 10.2. The number of aliphatic carboxylic acids is 1. The largest absolute Gasteiger partial charge is 0.548 e. The summed E-state index contributed by atoms with van der Waals surface area (Å²) in [5, 5.41) is 17.0. The molecule has 8 heteroatoms. The van der Waals surface area contributed by atoms with Gasteiger partial charge in [-0.25, -0.2) is 9.59 Å². The Morgan fingerprint density at radius 1 is 0.842 bits per heavy atom. The van der Waals surface area contributed by atoms with Gasteiger partial charge in [-0.15, -0.1) is 0 Å². The predicted molar refractivity (Wildman–Crippen MR) is 140 cm³/mol. The van der Waals surface area contributed by atoms with Crippen LogP contribution in [0.5, 0.6) is 0 Å². The first-order valence-corrected chi connectivity index (χ1v) is 12.5. The summed E-state index contributed by atoms with van der Waals surface area (Å²) in [5.41, 5.74) is 5.00. The number of fused-ring (bicyclic) bond motifs is 3. The summed E-state index contributed by atoms with van der Waals surface area (Å²) >= 11 is 0. The molecule has 4 rings (SSSR count). The quantitative estimate of drug-likeness (QED) is 0.470. The van der Waals surface area contributed by atoms with Crippen LogP contribution in [0.2, 0.25) is 0 Å². The molecule has 0 heterocycles. The molecule has 8 nitrogen and oxygen atoms in total. The first-order valence-electron chi connectivity index (χ1n) is 12.5. The second kappa shape index (κ2) is 11.4. The number of ether oxygens (including phenoxy) is 2. The monoisotopic (exact) mass is 515 g/mol. The van der Waals surface area contributed by atoms with E-state index >= 15 is 0 Å². The van der Waals surface area contributed by atoms with Crippen LogP contribution in [0.25, 0.3) is 11.1 Å². The van der Waals surface area contributed by atoms with Crippen molar-refractivity contribution in [3.63, 3.8) is 0 Å². The maximum atomic E-state index is 12.7. The van der Waals surface area contributed by atoms with Gasteiger partial charge in [-0.1, -0.05) is 72.8 Å². The molecule has 2 N–H and O–H groups in total. The summed E-state index contributed by atoms with van der Waals surface area (Å²) in [4.78, 5) is 36.6. The Morgan fingerprint density at radius 3 is 1.97 bits per heavy atom. The van der Waals surface area contributed by atoms with E-state index in [1.165, 1.54) is 0 Å². The summed E-state index contributed by atoms with van der Waals surface area (Å²) in [5.74, 6) is -1.58. The fraction of sp³-hybridized carbons (Fsp3) is 0.300. The van der Waals surface area contributed by atoms with Crippen LogP contribution in [0.3, 0.4) is 0 Å². The van der Waals surface area contributed by atoms with E-state index < -0.39 is 29.8 Å². The van der Waals surface area contributed by atoms with E-state index in [1.807, 2.05) is 48.5 Å². The van der Waals surface area contributed by atoms with E-state index in [9.17, 15) is 19.5 Å². The third-order valence-electron chi connectivity index (χ3n) is 6.28. The molecule has 1 atom stereocenters. The summed E-state index contributed by atoms with van der Waals surface area (Å²) < 4.78 is 10.8. The number of carbonyl (C=O) groups excluding carboxylic acids is 3. The van der Waals surface area contributed by atoms with E-state index in [-0.39, 0.29) is 25.5 Å². The predicted octanol–water partition coefficient (Wildman–Crippen LogP) is 3.91. The van der Waals surface area contributed by atoms with Crippen molar-refractivity contribution in [1.82, 2.24) is 10.6 Å². The Kier molecular flexibility index (Phi) is 8.00. The molecule has 0 aromatic heterocycles. The van der Waals surface area contributed by atoms with Crippen molar-refractivity contribution in [3.8, 4) is 11.1 Å². The minimum Gasteiger partial charge on any atom is -0.548 e. The van der Waals surface area contributed by atoms with Crippen LogP contribution in [0.4, 0.5) is 9.59 Å². The molecule has 0 radical (unpaired) electrons. The van der Waals surface area contributed by atoms with Crippen molar-refractivity contribution in [2.45, 2.75) is 51.3 Å². The Balaban J connectivity index is 1.39. The molecule has 2 amide bonds. The number of nitrogens with one attached hydrogen (secondary N) is 2. The molecule has 0 saturated heterocycles. The maximum absolute atomic E-state index is 12.7. The lowest BCUT2D eigenvalue weighted by Gasteiger charge is -2.22.